The number of imide groups is 1. The first-order valence-electron chi connectivity index (χ1n) is 8.70. The van der Waals surface area contributed by atoms with Crippen LogP contribution >= 0.6 is 31.9 Å². The number of anilines is 1. The van der Waals surface area contributed by atoms with Crippen molar-refractivity contribution >= 4 is 55.3 Å². The molecule has 2 aliphatic carbocycles. The van der Waals surface area contributed by atoms with Crippen molar-refractivity contribution < 1.29 is 27.6 Å². The average molecular weight is 524 g/mol. The molecule has 28 heavy (non-hydrogen) atoms. The van der Waals surface area contributed by atoms with Gasteiger partial charge in [-0.25, -0.2) is 0 Å². The van der Waals surface area contributed by atoms with Gasteiger partial charge in [0.15, 0.2) is 0 Å². The van der Waals surface area contributed by atoms with Crippen LogP contribution in [0.1, 0.15) is 12.0 Å². The molecule has 0 radical (unpaired) electrons. The number of nitrogens with zero attached hydrogens (tertiary/aromatic N) is 1. The van der Waals surface area contributed by atoms with Crippen LogP contribution in [0.4, 0.5) is 18.9 Å². The van der Waals surface area contributed by atoms with E-state index in [-0.39, 0.29) is 39.0 Å². The fourth-order valence-corrected chi connectivity index (χ4v) is 6.56. The maximum Gasteiger partial charge on any atom is 0.416 e. The van der Waals surface area contributed by atoms with E-state index < -0.39 is 36.0 Å². The molecule has 3 aliphatic rings. The van der Waals surface area contributed by atoms with Crippen LogP contribution in [-0.2, 0) is 20.6 Å². The molecular weight excluding hydrogens is 509 g/mol. The Morgan fingerprint density at radius 2 is 1.68 bits per heavy atom. The van der Waals surface area contributed by atoms with Gasteiger partial charge in [-0.1, -0.05) is 37.9 Å². The standard InChI is InChI=1S/C18H15Br2F3N2O3/c19-14-9-5-10(15(14)20)13-12(9)16(27)25(17(13)28)6-11(26)24-8-3-1-2-7(4-8)18(21,22)23/h1-4,9-10,12-15H,5-6H2,(H,24,26)/t9-,10+,12-,13-,14-,15+/m0/s1. The number of alkyl halides is 5. The molecule has 1 saturated heterocycles. The number of rotatable bonds is 3. The van der Waals surface area contributed by atoms with Crippen LogP contribution in [0.15, 0.2) is 24.3 Å². The lowest BCUT2D eigenvalue weighted by Gasteiger charge is -2.28. The summed E-state index contributed by atoms with van der Waals surface area (Å²) in [6.07, 6.45) is -3.75. The smallest absolute Gasteiger partial charge is 0.325 e. The van der Waals surface area contributed by atoms with E-state index in [0.717, 1.165) is 23.5 Å². The lowest BCUT2D eigenvalue weighted by molar-refractivity contribution is -0.143. The first kappa shape index (κ1) is 19.9. The van der Waals surface area contributed by atoms with Crippen molar-refractivity contribution in [2.45, 2.75) is 22.3 Å². The highest BCUT2D eigenvalue weighted by atomic mass is 79.9. The summed E-state index contributed by atoms with van der Waals surface area (Å²) in [7, 11) is 0. The SMILES string of the molecule is O=C(CN1C(=O)[C@H]2[C@@H]3C[C@@H]([C@@H](Br)[C@H]3Br)[C@@H]2C1=O)Nc1cccc(C(F)(F)F)c1. The van der Waals surface area contributed by atoms with Crippen LogP contribution in [0.2, 0.25) is 0 Å². The second kappa shape index (κ2) is 6.83. The fourth-order valence-electron chi connectivity index (χ4n) is 4.68. The maximum absolute atomic E-state index is 12.8. The van der Waals surface area contributed by atoms with Crippen LogP contribution in [0, 0.1) is 23.7 Å². The quantitative estimate of drug-likeness (QED) is 0.487. The van der Waals surface area contributed by atoms with E-state index in [1.54, 1.807) is 0 Å². The minimum atomic E-state index is -4.53. The number of amides is 3. The highest BCUT2D eigenvalue weighted by Gasteiger charge is 2.66. The third kappa shape index (κ3) is 3.08. The van der Waals surface area contributed by atoms with E-state index in [1.807, 2.05) is 0 Å². The van der Waals surface area contributed by atoms with E-state index in [4.69, 9.17) is 0 Å². The molecule has 1 heterocycles. The van der Waals surface area contributed by atoms with Crippen LogP contribution in [-0.4, -0.2) is 38.8 Å². The molecule has 5 nitrogen and oxygen atoms in total. The Morgan fingerprint density at radius 1 is 1.11 bits per heavy atom. The predicted octanol–water partition coefficient (Wildman–Crippen LogP) is 3.42. The van der Waals surface area contributed by atoms with Gasteiger partial charge in [0.05, 0.1) is 17.4 Å². The Morgan fingerprint density at radius 3 is 2.21 bits per heavy atom. The van der Waals surface area contributed by atoms with Crippen molar-refractivity contribution in [1.82, 2.24) is 4.90 Å². The van der Waals surface area contributed by atoms with Crippen molar-refractivity contribution in [3.05, 3.63) is 29.8 Å². The van der Waals surface area contributed by atoms with Crippen molar-refractivity contribution in [3.8, 4) is 0 Å². The highest BCUT2D eigenvalue weighted by Crippen LogP contribution is 2.60. The normalized spacial score (nSPS) is 34.1. The number of carbonyl (C=O) groups is 3. The summed E-state index contributed by atoms with van der Waals surface area (Å²) in [5.74, 6) is -2.25. The Balaban J connectivity index is 1.46. The minimum absolute atomic E-state index is 0.0346. The maximum atomic E-state index is 12.8. The zero-order valence-corrected chi connectivity index (χ0v) is 17.4. The third-order valence-corrected chi connectivity index (χ3v) is 9.06. The molecular formula is C18H15Br2F3N2O3. The summed E-state index contributed by atoms with van der Waals surface area (Å²) in [6, 6.07) is 4.21. The monoisotopic (exact) mass is 522 g/mol. The number of hydrogen-bond acceptors (Lipinski definition) is 3. The Labute approximate surface area is 175 Å². The van der Waals surface area contributed by atoms with Crippen LogP contribution in [0.3, 0.4) is 0 Å². The van der Waals surface area contributed by atoms with E-state index in [0.29, 0.717) is 0 Å². The number of hydrogen-bond donors (Lipinski definition) is 1. The molecule has 0 aromatic heterocycles. The van der Waals surface area contributed by atoms with Gasteiger partial charge in [-0.15, -0.1) is 0 Å². The van der Waals surface area contributed by atoms with Crippen molar-refractivity contribution in [1.29, 1.82) is 0 Å². The largest absolute Gasteiger partial charge is 0.416 e. The van der Waals surface area contributed by atoms with Gasteiger partial charge in [0.1, 0.15) is 6.54 Å². The second-order valence-electron chi connectivity index (χ2n) is 7.39. The molecule has 6 atom stereocenters. The van der Waals surface area contributed by atoms with Gasteiger partial charge >= 0.3 is 6.18 Å². The van der Waals surface area contributed by atoms with Gasteiger partial charge in [-0.3, -0.25) is 19.3 Å². The van der Waals surface area contributed by atoms with Crippen LogP contribution < -0.4 is 5.32 Å². The summed E-state index contributed by atoms with van der Waals surface area (Å²) in [5.41, 5.74) is -0.934. The predicted molar refractivity (Wildman–Crippen MR) is 101 cm³/mol. The topological polar surface area (TPSA) is 66.5 Å². The van der Waals surface area contributed by atoms with Gasteiger partial charge in [0, 0.05) is 15.3 Å². The van der Waals surface area contributed by atoms with Gasteiger partial charge in [0.25, 0.3) is 0 Å². The number of nitrogens with one attached hydrogen (secondary N) is 1. The van der Waals surface area contributed by atoms with E-state index >= 15 is 0 Å². The molecule has 2 bridgehead atoms. The first-order valence-corrected chi connectivity index (χ1v) is 10.5. The third-order valence-electron chi connectivity index (χ3n) is 5.85. The summed E-state index contributed by atoms with van der Waals surface area (Å²) in [4.78, 5) is 38.9. The Hall–Kier alpha value is -1.42. The molecule has 10 heteroatoms. The number of benzene rings is 1. The van der Waals surface area contributed by atoms with E-state index in [2.05, 4.69) is 37.2 Å². The number of fused-ring (bicyclic) bond motifs is 5. The molecule has 1 N–H and O–H groups in total. The van der Waals surface area contributed by atoms with Crippen LogP contribution in [0.5, 0.6) is 0 Å². The number of carbonyl (C=O) groups excluding carboxylic acids is 3. The first-order chi connectivity index (χ1) is 13.1. The average Bonchev–Trinajstić information content (AvgIpc) is 3.22. The highest BCUT2D eigenvalue weighted by molar-refractivity contribution is 9.12. The van der Waals surface area contributed by atoms with Crippen LogP contribution in [0.25, 0.3) is 0 Å². The second-order valence-corrected chi connectivity index (χ2v) is 9.51. The molecule has 3 fully saturated rings. The summed E-state index contributed by atoms with van der Waals surface area (Å²) in [5, 5.41) is 2.34. The summed E-state index contributed by atoms with van der Waals surface area (Å²) in [6.45, 7) is -0.500. The summed E-state index contributed by atoms with van der Waals surface area (Å²) >= 11 is 7.16. The molecule has 0 unspecified atom stereocenters. The van der Waals surface area contributed by atoms with Crippen molar-refractivity contribution in [3.63, 3.8) is 0 Å². The molecule has 3 amide bonds. The molecule has 1 aromatic rings. The number of halogens is 5. The van der Waals surface area contributed by atoms with Crippen molar-refractivity contribution in [2.75, 3.05) is 11.9 Å². The molecule has 150 valence electrons. The zero-order chi connectivity index (χ0) is 20.4. The summed E-state index contributed by atoms with van der Waals surface area (Å²) < 4.78 is 38.4. The van der Waals surface area contributed by atoms with Crippen molar-refractivity contribution in [2.24, 2.45) is 23.7 Å². The Bertz CT molecular complexity index is 831. The molecule has 1 aromatic carbocycles. The lowest BCUT2D eigenvalue weighted by Crippen LogP contribution is -2.39. The van der Waals surface area contributed by atoms with Gasteiger partial charge in [-0.05, 0) is 36.5 Å². The fraction of sp³-hybridized carbons (Fsp3) is 0.500. The minimum Gasteiger partial charge on any atom is -0.325 e. The van der Waals surface area contributed by atoms with E-state index in [9.17, 15) is 27.6 Å². The zero-order valence-electron chi connectivity index (χ0n) is 14.2. The molecule has 1 aliphatic heterocycles. The van der Waals surface area contributed by atoms with Gasteiger partial charge in [0.2, 0.25) is 17.7 Å². The molecule has 4 rings (SSSR count). The Kier molecular flexibility index (Phi) is 4.85. The molecule has 0 spiro atoms. The van der Waals surface area contributed by atoms with E-state index in [1.165, 1.54) is 12.1 Å². The van der Waals surface area contributed by atoms with Gasteiger partial charge in [-0.2, -0.15) is 13.2 Å². The van der Waals surface area contributed by atoms with Gasteiger partial charge < -0.3 is 5.32 Å². The molecule has 2 saturated carbocycles. The number of likely N-dealkylation sites (tertiary alicyclic amines) is 1. The lowest BCUT2D eigenvalue weighted by atomic mass is 9.81.